The summed E-state index contributed by atoms with van der Waals surface area (Å²) in [6.07, 6.45) is 29.8. The first-order chi connectivity index (χ1) is 38.0. The molecule has 2 unspecified atom stereocenters. The van der Waals surface area contributed by atoms with Crippen molar-refractivity contribution in [2.75, 3.05) is 98.6 Å². The Morgan fingerprint density at radius 2 is 0.759 bits per heavy atom. The maximum Gasteiger partial charge on any atom is 0.332 e. The first-order valence-electron chi connectivity index (χ1n) is 29.1. The van der Waals surface area contributed by atoms with Gasteiger partial charge < -0.3 is 54.0 Å². The number of aliphatic carboxylic acids is 5. The molecule has 0 aliphatic rings. The van der Waals surface area contributed by atoms with E-state index in [1.165, 1.54) is 116 Å². The minimum Gasteiger partial charge on any atom is -0.480 e. The van der Waals surface area contributed by atoms with Gasteiger partial charge in [0.1, 0.15) is 32.5 Å². The predicted molar refractivity (Wildman–Crippen MR) is 291 cm³/mol. The van der Waals surface area contributed by atoms with E-state index >= 15 is 0 Å². The van der Waals surface area contributed by atoms with E-state index in [4.69, 9.17) is 38.6 Å². The van der Waals surface area contributed by atoms with E-state index in [1.54, 1.807) is 0 Å². The van der Waals surface area contributed by atoms with Crippen LogP contribution in [-0.4, -0.2) is 205 Å². The number of unbranched alkanes of at least 4 members (excludes halogenated alkanes) is 24. The van der Waals surface area contributed by atoms with Gasteiger partial charge in [0.05, 0.1) is 52.5 Å². The molecule has 0 radical (unpaired) electrons. The lowest BCUT2D eigenvalue weighted by molar-refractivity contribution is -0.168. The van der Waals surface area contributed by atoms with Crippen LogP contribution >= 0.6 is 0 Å². The first kappa shape index (κ1) is 74.0. The molecule has 0 fully saturated rings. The molecule has 23 heteroatoms. The highest BCUT2D eigenvalue weighted by Gasteiger charge is 2.32. The van der Waals surface area contributed by atoms with Gasteiger partial charge in [0.25, 0.3) is 0 Å². The van der Waals surface area contributed by atoms with Gasteiger partial charge in [-0.15, -0.1) is 0 Å². The minimum absolute atomic E-state index is 0.0680. The molecule has 458 valence electrons. The molecule has 0 bridgehead atoms. The molecule has 0 spiro atoms. The van der Waals surface area contributed by atoms with Gasteiger partial charge in [-0.3, -0.25) is 53.1 Å². The van der Waals surface area contributed by atoms with Gasteiger partial charge in [0.2, 0.25) is 0 Å². The minimum atomic E-state index is -1.77. The van der Waals surface area contributed by atoms with Gasteiger partial charge in [0.15, 0.2) is 6.10 Å². The van der Waals surface area contributed by atoms with Gasteiger partial charge in [-0.2, -0.15) is 0 Å². The molecular formula is C56H99N3O20. The molecule has 0 aromatic heterocycles. The average Bonchev–Trinajstić information content (AvgIpc) is 3.38. The van der Waals surface area contributed by atoms with E-state index in [1.807, 2.05) is 0 Å². The number of hydrogen-bond acceptors (Lipinski definition) is 18. The fraction of sp³-hybridized carbons (Fsp3) is 0.839. The summed E-state index contributed by atoms with van der Waals surface area (Å²) < 4.78 is 32.1. The number of hydrogen-bond donors (Lipinski definition) is 5. The van der Waals surface area contributed by atoms with Crippen molar-refractivity contribution in [3.05, 3.63) is 0 Å². The van der Waals surface area contributed by atoms with Gasteiger partial charge in [-0.25, -0.2) is 4.79 Å². The zero-order valence-electron chi connectivity index (χ0n) is 47.8. The molecule has 0 rings (SSSR count). The summed E-state index contributed by atoms with van der Waals surface area (Å²) >= 11 is 0. The van der Waals surface area contributed by atoms with E-state index in [9.17, 15) is 58.5 Å². The Bertz CT molecular complexity index is 1650. The summed E-state index contributed by atoms with van der Waals surface area (Å²) in [7, 11) is 0. The van der Waals surface area contributed by atoms with Gasteiger partial charge in [-0.05, 0) is 12.8 Å². The lowest BCUT2D eigenvalue weighted by atomic mass is 10.0. The summed E-state index contributed by atoms with van der Waals surface area (Å²) in [6.45, 7) is -2.64. The van der Waals surface area contributed by atoms with Crippen molar-refractivity contribution >= 4 is 53.7 Å². The van der Waals surface area contributed by atoms with Crippen LogP contribution in [0.25, 0.3) is 0 Å². The molecule has 0 aliphatic carbocycles. The molecule has 0 amide bonds. The van der Waals surface area contributed by atoms with Crippen LogP contribution in [-0.2, 0) is 71.6 Å². The Morgan fingerprint density at radius 3 is 1.20 bits per heavy atom. The van der Waals surface area contributed by atoms with E-state index < -0.39 is 112 Å². The van der Waals surface area contributed by atoms with E-state index in [0.29, 0.717) is 12.8 Å². The van der Waals surface area contributed by atoms with E-state index in [0.717, 1.165) is 53.2 Å². The van der Waals surface area contributed by atoms with Crippen LogP contribution in [0.3, 0.4) is 0 Å². The maximum atomic E-state index is 12.8. The molecule has 2 atom stereocenters. The van der Waals surface area contributed by atoms with Crippen LogP contribution in [0, 0.1) is 0 Å². The second kappa shape index (κ2) is 51.2. The Kier molecular flexibility index (Phi) is 48.0. The Morgan fingerprint density at radius 1 is 0.380 bits per heavy atom. The molecule has 0 saturated carbocycles. The van der Waals surface area contributed by atoms with Crippen molar-refractivity contribution in [3.63, 3.8) is 0 Å². The molecule has 0 aromatic rings. The van der Waals surface area contributed by atoms with Crippen molar-refractivity contribution in [1.29, 1.82) is 0 Å². The zero-order chi connectivity index (χ0) is 58.7. The zero-order valence-corrected chi connectivity index (χ0v) is 47.8. The van der Waals surface area contributed by atoms with Crippen molar-refractivity contribution in [2.24, 2.45) is 0 Å². The van der Waals surface area contributed by atoms with Crippen LogP contribution in [0.4, 0.5) is 0 Å². The molecule has 0 aliphatic heterocycles. The molecule has 0 aromatic carbocycles. The SMILES string of the molecule is CCCCCCCCCCCCCCCC(=O)OCC(COC(=O)COCCOCCOC(=O)CN(CC(=O)O)C(CN(CCN(CC(=O)O)CC(=O)O)CC(=O)O)C(=O)O)OC(=O)CCCCCCCCCCCCCCC. The fourth-order valence-corrected chi connectivity index (χ4v) is 8.57. The molecule has 79 heavy (non-hydrogen) atoms. The molecular weight excluding hydrogens is 1030 g/mol. The van der Waals surface area contributed by atoms with Crippen LogP contribution in [0.5, 0.6) is 0 Å². The Labute approximate surface area is 468 Å². The fourth-order valence-electron chi connectivity index (χ4n) is 8.57. The lowest BCUT2D eigenvalue weighted by Crippen LogP contribution is -2.54. The summed E-state index contributed by atoms with van der Waals surface area (Å²) in [5.41, 5.74) is 0. The monoisotopic (exact) mass is 1130 g/mol. The third kappa shape index (κ3) is 48.6. The number of carboxylic acids is 5. The van der Waals surface area contributed by atoms with E-state index in [2.05, 4.69) is 13.8 Å². The third-order valence-electron chi connectivity index (χ3n) is 12.8. The van der Waals surface area contributed by atoms with Crippen molar-refractivity contribution in [2.45, 2.75) is 206 Å². The lowest BCUT2D eigenvalue weighted by Gasteiger charge is -2.32. The highest BCUT2D eigenvalue weighted by Crippen LogP contribution is 2.16. The molecule has 5 N–H and O–H groups in total. The third-order valence-corrected chi connectivity index (χ3v) is 12.8. The first-order valence-corrected chi connectivity index (χ1v) is 29.1. The summed E-state index contributed by atoms with van der Waals surface area (Å²) in [6, 6.07) is -1.77. The maximum absolute atomic E-state index is 12.8. The predicted octanol–water partition coefficient (Wildman–Crippen LogP) is 7.22. The summed E-state index contributed by atoms with van der Waals surface area (Å²) in [4.78, 5) is 111. The number of ether oxygens (including phenoxy) is 6. The Hall–Kier alpha value is -4.97. The highest BCUT2D eigenvalue weighted by molar-refractivity contribution is 5.79. The topological polar surface area (TPSA) is 320 Å². The molecule has 23 nitrogen and oxygen atoms in total. The van der Waals surface area contributed by atoms with Gasteiger partial charge in [-0.1, -0.05) is 168 Å². The summed E-state index contributed by atoms with van der Waals surface area (Å²) in [5, 5.41) is 47.1. The average molecular weight is 1130 g/mol. The second-order valence-electron chi connectivity index (χ2n) is 20.1. The van der Waals surface area contributed by atoms with Crippen molar-refractivity contribution in [1.82, 2.24) is 14.7 Å². The standard InChI is InChI=1S/C56H99N3O20/c1-3-5-7-9-11-13-15-17-19-21-23-25-27-29-52(68)77-43-46(79-53(69)30-28-26-24-22-20-18-16-14-12-10-8-6-4-2)44-78-55(71)45-75-34-33-74-35-36-76-54(70)42-59(41-51(66)67)47(56(72)73)37-57(38-48(60)61)31-32-58(39-49(62)63)40-50(64)65/h46-47H,3-45H2,1-2H3,(H,60,61)(H,62,63)(H,64,65)(H,66,67)(H,72,73). The second-order valence-corrected chi connectivity index (χ2v) is 20.1. The van der Waals surface area contributed by atoms with Crippen LogP contribution in [0.1, 0.15) is 194 Å². The van der Waals surface area contributed by atoms with Gasteiger partial charge in [0, 0.05) is 32.5 Å². The number of rotatable bonds is 58. The number of esters is 4. The highest BCUT2D eigenvalue weighted by atomic mass is 16.6. The molecule has 0 saturated heterocycles. The van der Waals surface area contributed by atoms with Crippen LogP contribution < -0.4 is 0 Å². The number of carbonyl (C=O) groups is 9. The molecule has 0 heterocycles. The summed E-state index contributed by atoms with van der Waals surface area (Å²) in [5.74, 6) is -9.98. The smallest absolute Gasteiger partial charge is 0.332 e. The number of carboxylic acid groups (broad SMARTS) is 5. The normalized spacial score (nSPS) is 12.1. The van der Waals surface area contributed by atoms with Gasteiger partial charge >= 0.3 is 53.7 Å². The largest absolute Gasteiger partial charge is 0.480 e. The van der Waals surface area contributed by atoms with Crippen molar-refractivity contribution < 1.29 is 97.1 Å². The quantitative estimate of drug-likeness (QED) is 0.0228. The Balaban J connectivity index is 4.97. The van der Waals surface area contributed by atoms with E-state index in [-0.39, 0.29) is 65.6 Å². The van der Waals surface area contributed by atoms with Crippen LogP contribution in [0.2, 0.25) is 0 Å². The number of nitrogens with zero attached hydrogens (tertiary/aromatic N) is 3. The van der Waals surface area contributed by atoms with Crippen LogP contribution in [0.15, 0.2) is 0 Å². The number of carbonyl (C=O) groups excluding carboxylic acids is 4. The van der Waals surface area contributed by atoms with Crippen molar-refractivity contribution in [3.8, 4) is 0 Å².